The molecule has 92 valence electrons. The normalized spacial score (nSPS) is 19.3. The predicted molar refractivity (Wildman–Crippen MR) is 81.7 cm³/mol. The highest BCUT2D eigenvalue weighted by molar-refractivity contribution is 14.1. The monoisotopic (exact) mass is 361 g/mol. The summed E-state index contributed by atoms with van der Waals surface area (Å²) in [5.74, 6) is 1.30. The highest BCUT2D eigenvalue weighted by Gasteiger charge is 2.17. The number of rotatable bonds is 3. The molecular formula is C13H16INOS. The maximum Gasteiger partial charge on any atom is 0.252 e. The first kappa shape index (κ1) is 13.2. The van der Waals surface area contributed by atoms with Crippen molar-refractivity contribution in [2.24, 2.45) is 0 Å². The van der Waals surface area contributed by atoms with E-state index in [9.17, 15) is 4.79 Å². The molecule has 1 saturated heterocycles. The van der Waals surface area contributed by atoms with Crippen LogP contribution in [0.25, 0.3) is 0 Å². The van der Waals surface area contributed by atoms with Crippen molar-refractivity contribution in [1.29, 1.82) is 0 Å². The number of halogens is 1. The van der Waals surface area contributed by atoms with E-state index in [0.29, 0.717) is 5.25 Å². The standard InChI is InChI=1S/C13H16INOS/c1-9-4-2-6-11(12(9)14)13(16)15-8-10-5-3-7-17-10/h2,4,6,10H,3,5,7-8H2,1H3,(H,15,16). The molecule has 1 N–H and O–H groups in total. The van der Waals surface area contributed by atoms with Crippen molar-refractivity contribution in [3.05, 3.63) is 32.9 Å². The third-order valence-corrected chi connectivity index (χ3v) is 5.78. The van der Waals surface area contributed by atoms with Crippen LogP contribution in [0.1, 0.15) is 28.8 Å². The van der Waals surface area contributed by atoms with E-state index in [1.54, 1.807) is 0 Å². The van der Waals surface area contributed by atoms with Gasteiger partial charge in [0.25, 0.3) is 5.91 Å². The second kappa shape index (κ2) is 6.09. The van der Waals surface area contributed by atoms with E-state index in [-0.39, 0.29) is 5.91 Å². The van der Waals surface area contributed by atoms with Gasteiger partial charge in [0, 0.05) is 15.4 Å². The van der Waals surface area contributed by atoms with Gasteiger partial charge >= 0.3 is 0 Å². The molecule has 1 amide bonds. The summed E-state index contributed by atoms with van der Waals surface area (Å²) >= 11 is 4.21. The van der Waals surface area contributed by atoms with Gasteiger partial charge in [-0.1, -0.05) is 12.1 Å². The van der Waals surface area contributed by atoms with Crippen molar-refractivity contribution in [1.82, 2.24) is 5.32 Å². The zero-order valence-electron chi connectivity index (χ0n) is 9.83. The molecule has 1 heterocycles. The van der Waals surface area contributed by atoms with E-state index in [1.165, 1.54) is 18.6 Å². The lowest BCUT2D eigenvalue weighted by Crippen LogP contribution is -2.30. The number of carbonyl (C=O) groups excluding carboxylic acids is 1. The van der Waals surface area contributed by atoms with Crippen LogP contribution >= 0.6 is 34.4 Å². The zero-order valence-corrected chi connectivity index (χ0v) is 12.8. The molecule has 1 aromatic rings. The molecule has 0 radical (unpaired) electrons. The number of amides is 1. The van der Waals surface area contributed by atoms with Gasteiger partial charge in [-0.05, 0) is 59.7 Å². The molecule has 1 atom stereocenters. The van der Waals surface area contributed by atoms with Crippen molar-refractivity contribution in [2.45, 2.75) is 25.0 Å². The van der Waals surface area contributed by atoms with E-state index < -0.39 is 0 Å². The van der Waals surface area contributed by atoms with Gasteiger partial charge in [-0.25, -0.2) is 0 Å². The molecule has 0 bridgehead atoms. The van der Waals surface area contributed by atoms with Gasteiger partial charge < -0.3 is 5.32 Å². The Hall–Kier alpha value is -0.230. The Morgan fingerprint density at radius 2 is 2.41 bits per heavy atom. The molecule has 0 saturated carbocycles. The second-order valence-electron chi connectivity index (χ2n) is 4.28. The van der Waals surface area contributed by atoms with Crippen LogP contribution in [0.15, 0.2) is 18.2 Å². The van der Waals surface area contributed by atoms with Crippen LogP contribution in [0, 0.1) is 10.5 Å². The third-order valence-electron chi connectivity index (χ3n) is 2.95. The first-order valence-electron chi connectivity index (χ1n) is 5.83. The van der Waals surface area contributed by atoms with E-state index >= 15 is 0 Å². The fourth-order valence-electron chi connectivity index (χ4n) is 1.93. The maximum absolute atomic E-state index is 12.0. The van der Waals surface area contributed by atoms with Crippen LogP contribution in [-0.4, -0.2) is 23.5 Å². The van der Waals surface area contributed by atoms with Gasteiger partial charge in [0.05, 0.1) is 5.56 Å². The van der Waals surface area contributed by atoms with Crippen LogP contribution < -0.4 is 5.32 Å². The number of benzene rings is 1. The van der Waals surface area contributed by atoms with Crippen LogP contribution in [0.3, 0.4) is 0 Å². The minimum absolute atomic E-state index is 0.0607. The van der Waals surface area contributed by atoms with Crippen molar-refractivity contribution in [3.8, 4) is 0 Å². The highest BCUT2D eigenvalue weighted by Crippen LogP contribution is 2.25. The Morgan fingerprint density at radius 3 is 3.12 bits per heavy atom. The van der Waals surface area contributed by atoms with E-state index in [1.807, 2.05) is 36.9 Å². The van der Waals surface area contributed by atoms with E-state index in [0.717, 1.165) is 21.2 Å². The number of hydrogen-bond acceptors (Lipinski definition) is 2. The molecule has 1 unspecified atom stereocenters. The summed E-state index contributed by atoms with van der Waals surface area (Å²) < 4.78 is 1.06. The fourth-order valence-corrected chi connectivity index (χ4v) is 3.74. The first-order valence-corrected chi connectivity index (χ1v) is 7.96. The Bertz CT molecular complexity index is 416. The summed E-state index contributed by atoms with van der Waals surface area (Å²) in [5, 5.41) is 3.66. The average Bonchev–Trinajstić information content (AvgIpc) is 2.82. The van der Waals surface area contributed by atoms with Gasteiger partial charge in [0.1, 0.15) is 0 Å². The first-order chi connectivity index (χ1) is 8.18. The molecule has 0 aromatic heterocycles. The van der Waals surface area contributed by atoms with Crippen molar-refractivity contribution < 1.29 is 4.79 Å². The van der Waals surface area contributed by atoms with Crippen LogP contribution in [0.5, 0.6) is 0 Å². The molecule has 0 spiro atoms. The van der Waals surface area contributed by atoms with Gasteiger partial charge in [0.15, 0.2) is 0 Å². The molecule has 1 aliphatic rings. The molecule has 1 fully saturated rings. The maximum atomic E-state index is 12.0. The Balaban J connectivity index is 1.97. The molecule has 17 heavy (non-hydrogen) atoms. The molecular weight excluding hydrogens is 345 g/mol. The van der Waals surface area contributed by atoms with Crippen LogP contribution in [0.4, 0.5) is 0 Å². The number of hydrogen-bond donors (Lipinski definition) is 1. The van der Waals surface area contributed by atoms with Crippen molar-refractivity contribution in [2.75, 3.05) is 12.3 Å². The lowest BCUT2D eigenvalue weighted by molar-refractivity contribution is 0.0952. The summed E-state index contributed by atoms with van der Waals surface area (Å²) in [6.45, 7) is 2.83. The minimum atomic E-state index is 0.0607. The van der Waals surface area contributed by atoms with Gasteiger partial charge in [-0.15, -0.1) is 0 Å². The van der Waals surface area contributed by atoms with Crippen LogP contribution in [0.2, 0.25) is 0 Å². The third kappa shape index (κ3) is 3.37. The molecule has 1 aliphatic heterocycles. The van der Waals surface area contributed by atoms with E-state index in [4.69, 9.17) is 0 Å². The highest BCUT2D eigenvalue weighted by atomic mass is 127. The lowest BCUT2D eigenvalue weighted by Gasteiger charge is -2.11. The minimum Gasteiger partial charge on any atom is -0.351 e. The summed E-state index contributed by atoms with van der Waals surface area (Å²) in [6, 6.07) is 5.87. The van der Waals surface area contributed by atoms with Crippen molar-refractivity contribution >= 4 is 40.3 Å². The van der Waals surface area contributed by atoms with Crippen LogP contribution in [-0.2, 0) is 0 Å². The predicted octanol–water partition coefficient (Wildman–Crippen LogP) is 3.23. The average molecular weight is 361 g/mol. The van der Waals surface area contributed by atoms with E-state index in [2.05, 4.69) is 27.9 Å². The summed E-state index contributed by atoms with van der Waals surface area (Å²) in [6.07, 6.45) is 2.52. The van der Waals surface area contributed by atoms with Gasteiger partial charge in [-0.3, -0.25) is 4.79 Å². The largest absolute Gasteiger partial charge is 0.351 e. The van der Waals surface area contributed by atoms with Gasteiger partial charge in [-0.2, -0.15) is 11.8 Å². The summed E-state index contributed by atoms with van der Waals surface area (Å²) in [7, 11) is 0. The Labute approximate surface area is 120 Å². The topological polar surface area (TPSA) is 29.1 Å². The molecule has 0 aliphatic carbocycles. The van der Waals surface area contributed by atoms with Gasteiger partial charge in [0.2, 0.25) is 0 Å². The lowest BCUT2D eigenvalue weighted by atomic mass is 10.1. The molecule has 2 rings (SSSR count). The number of carbonyl (C=O) groups is 1. The molecule has 4 heteroatoms. The van der Waals surface area contributed by atoms with Crippen molar-refractivity contribution in [3.63, 3.8) is 0 Å². The molecule has 1 aromatic carbocycles. The number of aryl methyl sites for hydroxylation is 1. The second-order valence-corrected chi connectivity index (χ2v) is 6.77. The fraction of sp³-hybridized carbons (Fsp3) is 0.462. The number of nitrogens with one attached hydrogen (secondary N) is 1. The quantitative estimate of drug-likeness (QED) is 0.838. The summed E-state index contributed by atoms with van der Waals surface area (Å²) in [4.78, 5) is 12.0. The smallest absolute Gasteiger partial charge is 0.252 e. The number of thioether (sulfide) groups is 1. The molecule has 2 nitrogen and oxygen atoms in total. The zero-order chi connectivity index (χ0) is 12.3. The Morgan fingerprint density at radius 1 is 1.59 bits per heavy atom. The summed E-state index contributed by atoms with van der Waals surface area (Å²) in [5.41, 5.74) is 1.96. The Kier molecular flexibility index (Phi) is 4.73. The SMILES string of the molecule is Cc1cccc(C(=O)NCC2CCCS2)c1I.